The molecule has 3 aromatic heterocycles. The van der Waals surface area contributed by atoms with E-state index in [0.29, 0.717) is 31.5 Å². The number of carbonyl (C=O) groups is 2. The number of carboxylic acids is 2. The van der Waals surface area contributed by atoms with Crippen LogP contribution in [-0.2, 0) is 30.6 Å². The molecule has 3 N–H and O–H groups in total. The van der Waals surface area contributed by atoms with Gasteiger partial charge in [-0.05, 0) is 54.1 Å². The molecule has 0 aliphatic carbocycles. The molecular formula is C26H24FN3O4S. The normalized spacial score (nSPS) is 11.6. The Morgan fingerprint density at radius 3 is 2.57 bits per heavy atom. The fraction of sp³-hybridized carbons (Fsp3) is 0.192. The Hall–Kier alpha value is -3.98. The van der Waals surface area contributed by atoms with E-state index in [1.54, 1.807) is 30.3 Å². The van der Waals surface area contributed by atoms with Gasteiger partial charge in [0, 0.05) is 47.9 Å². The molecular weight excluding hydrogens is 469 g/mol. The van der Waals surface area contributed by atoms with Gasteiger partial charge in [-0.2, -0.15) is 0 Å². The van der Waals surface area contributed by atoms with Gasteiger partial charge >= 0.3 is 11.9 Å². The van der Waals surface area contributed by atoms with Crippen LogP contribution in [0.25, 0.3) is 6.08 Å². The quantitative estimate of drug-likeness (QED) is 0.254. The van der Waals surface area contributed by atoms with Gasteiger partial charge in [-0.1, -0.05) is 18.2 Å². The Labute approximate surface area is 205 Å². The highest BCUT2D eigenvalue weighted by Crippen LogP contribution is 2.19. The largest absolute Gasteiger partial charge is 0.478 e. The van der Waals surface area contributed by atoms with Gasteiger partial charge in [0.15, 0.2) is 0 Å². The lowest BCUT2D eigenvalue weighted by molar-refractivity contribution is -0.132. The molecule has 9 heteroatoms. The summed E-state index contributed by atoms with van der Waals surface area (Å²) in [6, 6.07) is 11.9. The van der Waals surface area contributed by atoms with E-state index in [1.165, 1.54) is 23.6 Å². The summed E-state index contributed by atoms with van der Waals surface area (Å²) in [6.45, 7) is 0.459. The molecule has 0 aliphatic heterocycles. The minimum absolute atomic E-state index is 0.209. The third kappa shape index (κ3) is 6.54. The zero-order chi connectivity index (χ0) is 24.8. The van der Waals surface area contributed by atoms with Crippen molar-refractivity contribution in [3.05, 3.63) is 105 Å². The Balaban J connectivity index is 1.57. The number of nitrogens with zero attached hydrogens (tertiary/aromatic N) is 2. The van der Waals surface area contributed by atoms with E-state index in [0.717, 1.165) is 28.4 Å². The maximum atomic E-state index is 13.2. The highest BCUT2D eigenvalue weighted by Gasteiger charge is 2.14. The predicted molar refractivity (Wildman–Crippen MR) is 131 cm³/mol. The SMILES string of the molecule is O=C(O)/C(=C\c1cn(Cc2ccc(C(=O)O)cc2)c(CCCc2cc(F)c[nH]2)n1)Cc1cccs1. The predicted octanol–water partition coefficient (Wildman–Crippen LogP) is 5.04. The number of aromatic carboxylic acids is 1. The standard InChI is InChI=1S/C26H24FN3O4S/c27-20-13-21(28-14-20)3-1-5-24-29-22(11-19(26(33)34)12-23-4-2-10-35-23)16-30(24)15-17-6-8-18(9-7-17)25(31)32/h2,4,6-11,13-14,16,28H,1,3,5,12,15H2,(H,31,32)(H,33,34)/b19-11-. The number of aromatic nitrogens is 3. The van der Waals surface area contributed by atoms with Crippen LogP contribution < -0.4 is 0 Å². The smallest absolute Gasteiger partial charge is 0.335 e. The molecule has 35 heavy (non-hydrogen) atoms. The van der Waals surface area contributed by atoms with E-state index < -0.39 is 11.9 Å². The second kappa shape index (κ2) is 11.0. The number of H-pyrrole nitrogens is 1. The van der Waals surface area contributed by atoms with Gasteiger partial charge < -0.3 is 19.8 Å². The van der Waals surface area contributed by atoms with Crippen molar-refractivity contribution in [1.82, 2.24) is 14.5 Å². The Bertz CT molecular complexity index is 1340. The number of halogens is 1. The van der Waals surface area contributed by atoms with Crippen LogP contribution in [0.4, 0.5) is 4.39 Å². The van der Waals surface area contributed by atoms with Crippen LogP contribution in [0.5, 0.6) is 0 Å². The molecule has 0 spiro atoms. The van der Waals surface area contributed by atoms with Gasteiger partial charge in [0.25, 0.3) is 0 Å². The molecule has 0 bridgehead atoms. The summed E-state index contributed by atoms with van der Waals surface area (Å²) >= 11 is 1.50. The lowest BCUT2D eigenvalue weighted by Gasteiger charge is -2.08. The fourth-order valence-corrected chi connectivity index (χ4v) is 4.52. The molecule has 0 atom stereocenters. The Morgan fingerprint density at radius 1 is 1.14 bits per heavy atom. The second-order valence-electron chi connectivity index (χ2n) is 8.14. The number of thiophene rings is 1. The van der Waals surface area contributed by atoms with Gasteiger partial charge in [0.2, 0.25) is 0 Å². The van der Waals surface area contributed by atoms with Crippen molar-refractivity contribution in [1.29, 1.82) is 0 Å². The van der Waals surface area contributed by atoms with Gasteiger partial charge in [0.1, 0.15) is 11.6 Å². The molecule has 4 aromatic rings. The number of rotatable bonds is 11. The second-order valence-corrected chi connectivity index (χ2v) is 9.17. The first-order chi connectivity index (χ1) is 16.9. The monoisotopic (exact) mass is 493 g/mol. The van der Waals surface area contributed by atoms with E-state index in [1.807, 2.05) is 28.3 Å². The van der Waals surface area contributed by atoms with E-state index in [9.17, 15) is 19.1 Å². The number of aryl methyl sites for hydroxylation is 2. The first kappa shape index (κ1) is 24.2. The van der Waals surface area contributed by atoms with Crippen LogP contribution in [0.3, 0.4) is 0 Å². The number of benzene rings is 1. The number of aliphatic carboxylic acids is 1. The molecule has 0 saturated carbocycles. The molecule has 4 rings (SSSR count). The lowest BCUT2D eigenvalue weighted by Crippen LogP contribution is -2.05. The molecule has 0 amide bonds. The molecule has 0 aliphatic rings. The lowest BCUT2D eigenvalue weighted by atomic mass is 10.1. The number of imidazole rings is 1. The first-order valence-corrected chi connectivity index (χ1v) is 11.9. The van der Waals surface area contributed by atoms with E-state index in [2.05, 4.69) is 9.97 Å². The minimum atomic E-state index is -0.993. The summed E-state index contributed by atoms with van der Waals surface area (Å²) in [6.07, 6.45) is 7.01. The van der Waals surface area contributed by atoms with Crippen molar-refractivity contribution in [3.63, 3.8) is 0 Å². The number of nitrogens with one attached hydrogen (secondary N) is 1. The van der Waals surface area contributed by atoms with Crippen LogP contribution in [0.1, 0.15) is 44.4 Å². The fourth-order valence-electron chi connectivity index (χ4n) is 3.79. The van der Waals surface area contributed by atoms with Crippen molar-refractivity contribution in [2.24, 2.45) is 0 Å². The summed E-state index contributed by atoms with van der Waals surface area (Å²) in [5.41, 5.74) is 2.70. The summed E-state index contributed by atoms with van der Waals surface area (Å²) in [7, 11) is 0. The first-order valence-electron chi connectivity index (χ1n) is 11.0. The summed E-state index contributed by atoms with van der Waals surface area (Å²) < 4.78 is 15.2. The third-order valence-corrected chi connectivity index (χ3v) is 6.40. The average Bonchev–Trinajstić information content (AvgIpc) is 3.56. The zero-order valence-electron chi connectivity index (χ0n) is 18.8. The molecule has 3 heterocycles. The maximum absolute atomic E-state index is 13.2. The molecule has 0 unspecified atom stereocenters. The van der Waals surface area contributed by atoms with Crippen LogP contribution >= 0.6 is 11.3 Å². The van der Waals surface area contributed by atoms with Crippen LogP contribution in [0, 0.1) is 5.82 Å². The minimum Gasteiger partial charge on any atom is -0.478 e. The van der Waals surface area contributed by atoms with Crippen molar-refractivity contribution < 1.29 is 24.2 Å². The molecule has 0 radical (unpaired) electrons. The molecule has 0 fully saturated rings. The van der Waals surface area contributed by atoms with Crippen molar-refractivity contribution in [2.45, 2.75) is 32.2 Å². The number of hydrogen-bond donors (Lipinski definition) is 3. The summed E-state index contributed by atoms with van der Waals surface area (Å²) in [4.78, 5) is 31.5. The molecule has 1 aromatic carbocycles. The molecule has 7 nitrogen and oxygen atoms in total. The number of carboxylic acid groups (broad SMARTS) is 2. The average molecular weight is 494 g/mol. The van der Waals surface area contributed by atoms with Gasteiger partial charge in [0.05, 0.1) is 11.3 Å². The summed E-state index contributed by atoms with van der Waals surface area (Å²) in [5, 5.41) is 20.7. The molecule has 180 valence electrons. The van der Waals surface area contributed by atoms with E-state index in [4.69, 9.17) is 5.11 Å². The van der Waals surface area contributed by atoms with Crippen molar-refractivity contribution in [3.8, 4) is 0 Å². The van der Waals surface area contributed by atoms with Gasteiger partial charge in [-0.25, -0.2) is 19.0 Å². The van der Waals surface area contributed by atoms with Crippen molar-refractivity contribution >= 4 is 29.4 Å². The van der Waals surface area contributed by atoms with E-state index >= 15 is 0 Å². The highest BCUT2D eigenvalue weighted by atomic mass is 32.1. The number of hydrogen-bond acceptors (Lipinski definition) is 4. The molecule has 0 saturated heterocycles. The topological polar surface area (TPSA) is 108 Å². The van der Waals surface area contributed by atoms with Crippen LogP contribution in [-0.4, -0.2) is 36.7 Å². The zero-order valence-corrected chi connectivity index (χ0v) is 19.6. The Morgan fingerprint density at radius 2 is 1.94 bits per heavy atom. The van der Waals surface area contributed by atoms with E-state index in [-0.39, 0.29) is 17.0 Å². The maximum Gasteiger partial charge on any atom is 0.335 e. The highest BCUT2D eigenvalue weighted by molar-refractivity contribution is 7.09. The van der Waals surface area contributed by atoms with Crippen LogP contribution in [0.15, 0.2) is 65.8 Å². The third-order valence-electron chi connectivity index (χ3n) is 5.53. The Kier molecular flexibility index (Phi) is 7.57. The van der Waals surface area contributed by atoms with Gasteiger partial charge in [-0.3, -0.25) is 0 Å². The number of aromatic amines is 1. The van der Waals surface area contributed by atoms with Gasteiger partial charge in [-0.15, -0.1) is 11.3 Å². The van der Waals surface area contributed by atoms with Crippen LogP contribution in [0.2, 0.25) is 0 Å². The summed E-state index contributed by atoms with van der Waals surface area (Å²) in [5.74, 6) is -1.51. The van der Waals surface area contributed by atoms with Crippen molar-refractivity contribution in [2.75, 3.05) is 0 Å².